The van der Waals surface area contributed by atoms with Gasteiger partial charge in [0.15, 0.2) is 0 Å². The van der Waals surface area contributed by atoms with Crippen molar-refractivity contribution >= 4 is 23.5 Å². The van der Waals surface area contributed by atoms with Crippen molar-refractivity contribution in [1.82, 2.24) is 4.90 Å². The molecule has 1 N–H and O–H groups in total. The molecular formula is C13H15ClFNO3. The molecule has 0 saturated heterocycles. The monoisotopic (exact) mass is 287 g/mol. The van der Waals surface area contributed by atoms with Crippen molar-refractivity contribution < 1.29 is 19.1 Å². The van der Waals surface area contributed by atoms with Crippen LogP contribution in [0.4, 0.5) is 4.39 Å². The summed E-state index contributed by atoms with van der Waals surface area (Å²) in [5, 5.41) is 9.03. The molecule has 1 amide bonds. The maximum Gasteiger partial charge on any atom is 0.323 e. The first-order valence-electron chi connectivity index (χ1n) is 5.77. The zero-order valence-corrected chi connectivity index (χ0v) is 11.4. The van der Waals surface area contributed by atoms with Crippen LogP contribution in [0.15, 0.2) is 18.2 Å². The number of benzene rings is 1. The van der Waals surface area contributed by atoms with E-state index in [2.05, 4.69) is 0 Å². The fourth-order valence-corrected chi connectivity index (χ4v) is 1.83. The molecule has 4 nitrogen and oxygen atoms in total. The van der Waals surface area contributed by atoms with E-state index in [1.807, 2.05) is 13.8 Å². The lowest BCUT2D eigenvalue weighted by molar-refractivity contribution is -0.137. The van der Waals surface area contributed by atoms with Gasteiger partial charge in [0.05, 0.1) is 5.56 Å². The van der Waals surface area contributed by atoms with E-state index in [1.165, 1.54) is 12.1 Å². The summed E-state index contributed by atoms with van der Waals surface area (Å²) in [6.07, 6.45) is 0. The summed E-state index contributed by atoms with van der Waals surface area (Å²) in [4.78, 5) is 24.0. The van der Waals surface area contributed by atoms with Crippen molar-refractivity contribution in [1.29, 1.82) is 0 Å². The van der Waals surface area contributed by atoms with E-state index in [0.29, 0.717) is 0 Å². The molecule has 104 valence electrons. The molecular weight excluding hydrogens is 273 g/mol. The van der Waals surface area contributed by atoms with Gasteiger partial charge in [0.2, 0.25) is 0 Å². The van der Waals surface area contributed by atoms with Gasteiger partial charge in [-0.2, -0.15) is 0 Å². The van der Waals surface area contributed by atoms with Gasteiger partial charge in [-0.25, -0.2) is 4.39 Å². The number of hydrogen-bond acceptors (Lipinski definition) is 2. The van der Waals surface area contributed by atoms with Crippen LogP contribution in [0.25, 0.3) is 0 Å². The Morgan fingerprint density at radius 3 is 2.58 bits per heavy atom. The fourth-order valence-electron chi connectivity index (χ4n) is 1.66. The van der Waals surface area contributed by atoms with Crippen LogP contribution in [0.2, 0.25) is 5.02 Å². The SMILES string of the molecule is CC(C)CN(CC(=O)O)C(=O)c1cc(Cl)ccc1F. The minimum Gasteiger partial charge on any atom is -0.480 e. The average molecular weight is 288 g/mol. The van der Waals surface area contributed by atoms with Gasteiger partial charge in [-0.1, -0.05) is 25.4 Å². The van der Waals surface area contributed by atoms with Gasteiger partial charge in [0.25, 0.3) is 5.91 Å². The van der Waals surface area contributed by atoms with E-state index in [4.69, 9.17) is 16.7 Å². The van der Waals surface area contributed by atoms with Crippen LogP contribution in [0.5, 0.6) is 0 Å². The number of hydrogen-bond donors (Lipinski definition) is 1. The second-order valence-corrected chi connectivity index (χ2v) is 5.03. The molecule has 0 heterocycles. The molecule has 0 fully saturated rings. The molecule has 0 saturated carbocycles. The Morgan fingerprint density at radius 1 is 1.42 bits per heavy atom. The highest BCUT2D eigenvalue weighted by atomic mass is 35.5. The number of carboxylic acids is 1. The predicted molar refractivity (Wildman–Crippen MR) is 69.8 cm³/mol. The maximum absolute atomic E-state index is 13.6. The van der Waals surface area contributed by atoms with Crippen molar-refractivity contribution in [3.05, 3.63) is 34.6 Å². The fraction of sp³-hybridized carbons (Fsp3) is 0.385. The molecule has 1 rings (SSSR count). The summed E-state index contributed by atoms with van der Waals surface area (Å²) in [7, 11) is 0. The third-order valence-electron chi connectivity index (χ3n) is 2.36. The predicted octanol–water partition coefficient (Wildman–Crippen LogP) is 2.66. The second kappa shape index (κ2) is 6.52. The molecule has 0 spiro atoms. The molecule has 19 heavy (non-hydrogen) atoms. The lowest BCUT2D eigenvalue weighted by Crippen LogP contribution is -2.38. The van der Waals surface area contributed by atoms with Crippen molar-refractivity contribution in [2.24, 2.45) is 5.92 Å². The number of amides is 1. The van der Waals surface area contributed by atoms with E-state index >= 15 is 0 Å². The summed E-state index contributed by atoms with van der Waals surface area (Å²) in [5.74, 6) is -2.45. The molecule has 0 aliphatic rings. The largest absolute Gasteiger partial charge is 0.480 e. The van der Waals surface area contributed by atoms with E-state index < -0.39 is 24.2 Å². The Kier molecular flexibility index (Phi) is 5.30. The average Bonchev–Trinajstić information content (AvgIpc) is 2.29. The molecule has 6 heteroatoms. The van der Waals surface area contributed by atoms with Crippen LogP contribution in [-0.2, 0) is 4.79 Å². The molecule has 0 aliphatic carbocycles. The van der Waals surface area contributed by atoms with Crippen LogP contribution in [0, 0.1) is 11.7 Å². The first-order chi connectivity index (χ1) is 8.81. The van der Waals surface area contributed by atoms with Crippen molar-refractivity contribution in [3.63, 3.8) is 0 Å². The minimum absolute atomic E-state index is 0.0746. The number of aliphatic carboxylic acids is 1. The van der Waals surface area contributed by atoms with E-state index in [0.717, 1.165) is 11.0 Å². The Bertz CT molecular complexity index is 491. The summed E-state index contributed by atoms with van der Waals surface area (Å²) in [6, 6.07) is 3.62. The summed E-state index contributed by atoms with van der Waals surface area (Å²) in [6.45, 7) is 3.45. The Morgan fingerprint density at radius 2 is 2.05 bits per heavy atom. The molecule has 0 bridgehead atoms. The lowest BCUT2D eigenvalue weighted by Gasteiger charge is -2.23. The number of nitrogens with zero attached hydrogens (tertiary/aromatic N) is 1. The number of halogens is 2. The third kappa shape index (κ3) is 4.52. The van der Waals surface area contributed by atoms with Gasteiger partial charge in [0, 0.05) is 11.6 Å². The highest BCUT2D eigenvalue weighted by Gasteiger charge is 2.22. The van der Waals surface area contributed by atoms with Gasteiger partial charge < -0.3 is 10.0 Å². The standard InChI is InChI=1S/C13H15ClFNO3/c1-8(2)6-16(7-12(17)18)13(19)10-5-9(14)3-4-11(10)15/h3-5,8H,6-7H2,1-2H3,(H,17,18). The van der Waals surface area contributed by atoms with Crippen LogP contribution >= 0.6 is 11.6 Å². The zero-order chi connectivity index (χ0) is 14.6. The normalized spacial score (nSPS) is 10.6. The van der Waals surface area contributed by atoms with E-state index in [9.17, 15) is 14.0 Å². The molecule has 0 aromatic heterocycles. The zero-order valence-electron chi connectivity index (χ0n) is 10.7. The van der Waals surface area contributed by atoms with E-state index in [-0.39, 0.29) is 23.0 Å². The number of rotatable bonds is 5. The highest BCUT2D eigenvalue weighted by Crippen LogP contribution is 2.17. The summed E-state index contributed by atoms with van der Waals surface area (Å²) in [5.41, 5.74) is -0.214. The maximum atomic E-state index is 13.6. The summed E-state index contributed by atoms with van der Waals surface area (Å²) < 4.78 is 13.6. The molecule has 0 atom stereocenters. The van der Waals surface area contributed by atoms with Crippen LogP contribution < -0.4 is 0 Å². The summed E-state index contributed by atoms with van der Waals surface area (Å²) >= 11 is 5.72. The Hall–Kier alpha value is -1.62. The van der Waals surface area contributed by atoms with Crippen molar-refractivity contribution in [2.45, 2.75) is 13.8 Å². The quantitative estimate of drug-likeness (QED) is 0.906. The lowest BCUT2D eigenvalue weighted by atomic mass is 10.1. The third-order valence-corrected chi connectivity index (χ3v) is 2.59. The molecule has 0 aliphatic heterocycles. The van der Waals surface area contributed by atoms with Gasteiger partial charge in [-0.3, -0.25) is 9.59 Å². The van der Waals surface area contributed by atoms with Crippen molar-refractivity contribution in [2.75, 3.05) is 13.1 Å². The van der Waals surface area contributed by atoms with Crippen LogP contribution in [-0.4, -0.2) is 35.0 Å². The van der Waals surface area contributed by atoms with Gasteiger partial charge in [0.1, 0.15) is 12.4 Å². The second-order valence-electron chi connectivity index (χ2n) is 4.60. The Balaban J connectivity index is 3.03. The topological polar surface area (TPSA) is 57.6 Å². The highest BCUT2D eigenvalue weighted by molar-refractivity contribution is 6.31. The Labute approximate surface area is 115 Å². The van der Waals surface area contributed by atoms with Gasteiger partial charge >= 0.3 is 5.97 Å². The number of carboxylic acid groups (broad SMARTS) is 1. The number of carbonyl (C=O) groups is 2. The first kappa shape index (κ1) is 15.4. The van der Waals surface area contributed by atoms with Gasteiger partial charge in [-0.15, -0.1) is 0 Å². The molecule has 0 unspecified atom stereocenters. The van der Waals surface area contributed by atoms with E-state index in [1.54, 1.807) is 0 Å². The molecule has 1 aromatic rings. The van der Waals surface area contributed by atoms with Crippen molar-refractivity contribution in [3.8, 4) is 0 Å². The van der Waals surface area contributed by atoms with Crippen LogP contribution in [0.3, 0.4) is 0 Å². The molecule has 1 aromatic carbocycles. The van der Waals surface area contributed by atoms with Gasteiger partial charge in [-0.05, 0) is 24.1 Å². The minimum atomic E-state index is -1.14. The van der Waals surface area contributed by atoms with Crippen LogP contribution in [0.1, 0.15) is 24.2 Å². The first-order valence-corrected chi connectivity index (χ1v) is 6.15. The molecule has 0 radical (unpaired) electrons. The number of carbonyl (C=O) groups excluding carboxylic acids is 1. The smallest absolute Gasteiger partial charge is 0.323 e.